The van der Waals surface area contributed by atoms with Crippen molar-refractivity contribution in [2.45, 2.75) is 44.5 Å². The summed E-state index contributed by atoms with van der Waals surface area (Å²) in [6.45, 7) is 5.57. The number of halogens is 3. The smallest absolute Gasteiger partial charge is 0.475 e. The van der Waals surface area contributed by atoms with Crippen molar-refractivity contribution in [3.8, 4) is 0 Å². The lowest BCUT2D eigenvalue weighted by molar-refractivity contribution is -0.192. The highest BCUT2D eigenvalue weighted by atomic mass is 19.4. The number of pyridine rings is 1. The number of nitrogens with zero attached hydrogens (tertiary/aromatic N) is 3. The molecule has 3 saturated heterocycles. The van der Waals surface area contributed by atoms with Crippen molar-refractivity contribution in [1.29, 1.82) is 0 Å². The second kappa shape index (κ2) is 10.4. The normalized spacial score (nSPS) is 26.5. The van der Waals surface area contributed by atoms with E-state index < -0.39 is 12.1 Å². The number of rotatable bonds is 3. The van der Waals surface area contributed by atoms with Crippen LogP contribution in [0.3, 0.4) is 0 Å². The molecule has 0 unspecified atom stereocenters. The minimum atomic E-state index is -5.08. The zero-order valence-electron chi connectivity index (χ0n) is 17.3. The Labute approximate surface area is 179 Å². The number of carboxylic acids is 1. The molecule has 3 aliphatic rings. The Morgan fingerprint density at radius 3 is 2.52 bits per heavy atom. The van der Waals surface area contributed by atoms with Gasteiger partial charge >= 0.3 is 12.1 Å². The summed E-state index contributed by atoms with van der Waals surface area (Å²) in [5.41, 5.74) is 1.25. The van der Waals surface area contributed by atoms with Gasteiger partial charge in [-0.3, -0.25) is 14.7 Å². The van der Waals surface area contributed by atoms with Gasteiger partial charge < -0.3 is 14.7 Å². The van der Waals surface area contributed by atoms with Gasteiger partial charge in [0.15, 0.2) is 0 Å². The van der Waals surface area contributed by atoms with Crippen molar-refractivity contribution in [3.63, 3.8) is 0 Å². The molecule has 10 heteroatoms. The summed E-state index contributed by atoms with van der Waals surface area (Å²) in [6, 6.07) is 4.12. The van der Waals surface area contributed by atoms with E-state index in [1.807, 2.05) is 18.5 Å². The van der Waals surface area contributed by atoms with Crippen LogP contribution in [-0.4, -0.2) is 76.8 Å². The van der Waals surface area contributed by atoms with Crippen molar-refractivity contribution in [1.82, 2.24) is 14.8 Å². The highest BCUT2D eigenvalue weighted by molar-refractivity contribution is 5.79. The first-order chi connectivity index (χ1) is 14.8. The molecule has 1 N–H and O–H groups in total. The average molecular weight is 443 g/mol. The van der Waals surface area contributed by atoms with E-state index in [-0.39, 0.29) is 12.0 Å². The van der Waals surface area contributed by atoms with E-state index in [2.05, 4.69) is 20.9 Å². The lowest BCUT2D eigenvalue weighted by Crippen LogP contribution is -2.53. The fraction of sp³-hybridized carbons (Fsp3) is 0.667. The maximum Gasteiger partial charge on any atom is 0.490 e. The standard InChI is InChI=1S/C19H27N3O2.C2HF3O2/c23-19(22-8-1-2-9-22)16-6-11-24-18-5-10-21(14-17(16)18)13-15-4-3-7-20-12-15;3-2(4,5)1(6)7/h3-4,7,12,16-18H,1-2,5-6,8-11,13-14H2;(H,6,7)/t16-,17-,18-;/m1./s1. The Kier molecular flexibility index (Phi) is 7.88. The van der Waals surface area contributed by atoms with Crippen LogP contribution >= 0.6 is 0 Å². The fourth-order valence-corrected chi connectivity index (χ4v) is 4.56. The molecule has 0 saturated carbocycles. The fourth-order valence-electron chi connectivity index (χ4n) is 4.56. The van der Waals surface area contributed by atoms with Gasteiger partial charge in [-0.15, -0.1) is 0 Å². The molecule has 0 aliphatic carbocycles. The number of hydrogen-bond acceptors (Lipinski definition) is 5. The summed E-state index contributed by atoms with van der Waals surface area (Å²) in [6.07, 6.45) is 3.19. The molecule has 3 atom stereocenters. The SMILES string of the molecule is O=C(O)C(F)(F)F.O=C([C@@H]1CCO[C@@H]2CCN(Cc3cccnc3)C[C@@H]21)N1CCCC1. The zero-order chi connectivity index (χ0) is 22.4. The van der Waals surface area contributed by atoms with Gasteiger partial charge in [0.05, 0.1) is 6.10 Å². The third kappa shape index (κ3) is 6.39. The van der Waals surface area contributed by atoms with Crippen LogP contribution in [0.4, 0.5) is 13.2 Å². The van der Waals surface area contributed by atoms with E-state index in [1.54, 1.807) is 0 Å². The van der Waals surface area contributed by atoms with Crippen LogP contribution in [0, 0.1) is 11.8 Å². The summed E-state index contributed by atoms with van der Waals surface area (Å²) < 4.78 is 37.7. The predicted molar refractivity (Wildman–Crippen MR) is 105 cm³/mol. The molecule has 0 aromatic carbocycles. The number of alkyl halides is 3. The summed E-state index contributed by atoms with van der Waals surface area (Å²) in [4.78, 5) is 30.6. The zero-order valence-corrected chi connectivity index (χ0v) is 17.3. The summed E-state index contributed by atoms with van der Waals surface area (Å²) >= 11 is 0. The molecule has 7 nitrogen and oxygen atoms in total. The monoisotopic (exact) mass is 443 g/mol. The minimum Gasteiger partial charge on any atom is -0.475 e. The van der Waals surface area contributed by atoms with E-state index in [0.717, 1.165) is 65.0 Å². The number of likely N-dealkylation sites (tertiary alicyclic amines) is 2. The van der Waals surface area contributed by atoms with Crippen molar-refractivity contribution < 1.29 is 32.6 Å². The van der Waals surface area contributed by atoms with Crippen molar-refractivity contribution in [2.24, 2.45) is 11.8 Å². The van der Waals surface area contributed by atoms with Crippen molar-refractivity contribution in [2.75, 3.05) is 32.8 Å². The van der Waals surface area contributed by atoms with Crippen LogP contribution < -0.4 is 0 Å². The molecule has 4 rings (SSSR count). The van der Waals surface area contributed by atoms with Gasteiger partial charge in [-0.25, -0.2) is 4.79 Å². The van der Waals surface area contributed by atoms with Gasteiger partial charge in [0.1, 0.15) is 0 Å². The summed E-state index contributed by atoms with van der Waals surface area (Å²) in [5, 5.41) is 7.12. The number of ether oxygens (including phenoxy) is 1. The summed E-state index contributed by atoms with van der Waals surface area (Å²) in [5.74, 6) is -1.88. The van der Waals surface area contributed by atoms with Gasteiger partial charge in [-0.05, 0) is 37.3 Å². The average Bonchev–Trinajstić information content (AvgIpc) is 3.28. The van der Waals surface area contributed by atoms with E-state index in [9.17, 15) is 18.0 Å². The molecule has 3 fully saturated rings. The summed E-state index contributed by atoms with van der Waals surface area (Å²) in [7, 11) is 0. The largest absolute Gasteiger partial charge is 0.490 e. The van der Waals surface area contributed by atoms with E-state index >= 15 is 0 Å². The van der Waals surface area contributed by atoms with E-state index in [1.165, 1.54) is 5.56 Å². The molecule has 1 amide bonds. The molecule has 4 heterocycles. The Balaban J connectivity index is 0.000000339. The second-order valence-corrected chi connectivity index (χ2v) is 8.19. The Hall–Kier alpha value is -2.20. The lowest BCUT2D eigenvalue weighted by atomic mass is 9.78. The van der Waals surface area contributed by atoms with Gasteiger partial charge in [0, 0.05) is 63.6 Å². The number of fused-ring (bicyclic) bond motifs is 1. The van der Waals surface area contributed by atoms with E-state index in [0.29, 0.717) is 11.8 Å². The molecule has 3 aliphatic heterocycles. The molecular weight excluding hydrogens is 415 g/mol. The third-order valence-corrected chi connectivity index (χ3v) is 6.06. The van der Waals surface area contributed by atoms with Crippen LogP contribution in [0.15, 0.2) is 24.5 Å². The number of piperidine rings is 1. The quantitative estimate of drug-likeness (QED) is 0.773. The van der Waals surface area contributed by atoms with Crippen LogP contribution in [-0.2, 0) is 20.9 Å². The number of aliphatic carboxylic acids is 1. The number of carbonyl (C=O) groups is 2. The third-order valence-electron chi connectivity index (χ3n) is 6.06. The molecule has 0 spiro atoms. The number of hydrogen-bond donors (Lipinski definition) is 1. The van der Waals surface area contributed by atoms with Crippen molar-refractivity contribution >= 4 is 11.9 Å². The first-order valence-corrected chi connectivity index (χ1v) is 10.6. The molecular formula is C21H28F3N3O4. The Bertz CT molecular complexity index is 741. The maximum absolute atomic E-state index is 13.0. The highest BCUT2D eigenvalue weighted by Gasteiger charge is 2.43. The van der Waals surface area contributed by atoms with Gasteiger partial charge in [0.2, 0.25) is 5.91 Å². The van der Waals surface area contributed by atoms with Crippen LogP contribution in [0.5, 0.6) is 0 Å². The molecule has 172 valence electrons. The Morgan fingerprint density at radius 2 is 1.90 bits per heavy atom. The van der Waals surface area contributed by atoms with Crippen LogP contribution in [0.2, 0.25) is 0 Å². The topological polar surface area (TPSA) is 83.0 Å². The number of carbonyl (C=O) groups excluding carboxylic acids is 1. The van der Waals surface area contributed by atoms with Gasteiger partial charge in [-0.2, -0.15) is 13.2 Å². The predicted octanol–water partition coefficient (Wildman–Crippen LogP) is 2.56. The van der Waals surface area contributed by atoms with Crippen molar-refractivity contribution in [3.05, 3.63) is 30.1 Å². The lowest BCUT2D eigenvalue weighted by Gasteiger charge is -2.45. The van der Waals surface area contributed by atoms with Crippen LogP contribution in [0.25, 0.3) is 0 Å². The number of amides is 1. The highest BCUT2D eigenvalue weighted by Crippen LogP contribution is 2.35. The molecule has 1 aromatic heterocycles. The minimum absolute atomic E-state index is 0.151. The number of carboxylic acid groups (broad SMARTS) is 1. The first kappa shape index (κ1) is 23.5. The molecule has 0 radical (unpaired) electrons. The molecule has 31 heavy (non-hydrogen) atoms. The molecule has 0 bridgehead atoms. The Morgan fingerprint density at radius 1 is 1.19 bits per heavy atom. The van der Waals surface area contributed by atoms with E-state index in [4.69, 9.17) is 14.6 Å². The molecule has 1 aromatic rings. The first-order valence-electron chi connectivity index (χ1n) is 10.6. The maximum atomic E-state index is 13.0. The number of aromatic nitrogens is 1. The van der Waals surface area contributed by atoms with Gasteiger partial charge in [-0.1, -0.05) is 6.07 Å². The second-order valence-electron chi connectivity index (χ2n) is 8.19. The van der Waals surface area contributed by atoms with Gasteiger partial charge in [0.25, 0.3) is 0 Å². The van der Waals surface area contributed by atoms with Crippen LogP contribution in [0.1, 0.15) is 31.2 Å².